The Bertz CT molecular complexity index is 808. The van der Waals surface area contributed by atoms with E-state index in [9.17, 15) is 13.2 Å². The zero-order valence-corrected chi connectivity index (χ0v) is 12.3. The normalized spacial score (nSPS) is 12.0. The van der Waals surface area contributed by atoms with E-state index in [1.807, 2.05) is 13.1 Å². The molecule has 0 saturated carbocycles. The van der Waals surface area contributed by atoms with Crippen LogP contribution in [0.1, 0.15) is 18.4 Å². The van der Waals surface area contributed by atoms with Crippen LogP contribution in [0.4, 0.5) is 13.2 Å². The molecule has 0 fully saturated rings. The number of fused-ring (bicyclic) bond motifs is 1. The summed E-state index contributed by atoms with van der Waals surface area (Å²) in [5.74, 6) is -1.00. The van der Waals surface area contributed by atoms with Gasteiger partial charge in [0.1, 0.15) is 5.75 Å². The summed E-state index contributed by atoms with van der Waals surface area (Å²) in [6.45, 7) is 3.07. The summed E-state index contributed by atoms with van der Waals surface area (Å²) in [5, 5.41) is 4.15. The molecule has 0 saturated heterocycles. The summed E-state index contributed by atoms with van der Waals surface area (Å²) in [4.78, 5) is 3.49. The Hall–Kier alpha value is -2.51. The molecule has 122 valence electrons. The van der Waals surface area contributed by atoms with Crippen molar-refractivity contribution in [2.45, 2.75) is 26.1 Å². The van der Waals surface area contributed by atoms with Crippen LogP contribution in [0.15, 0.2) is 35.0 Å². The number of ether oxygens (including phenoxy) is 1. The zero-order chi connectivity index (χ0) is 16.4. The van der Waals surface area contributed by atoms with Crippen molar-refractivity contribution in [1.82, 2.24) is 14.8 Å². The predicted octanol–water partition coefficient (Wildman–Crippen LogP) is 3.68. The quantitative estimate of drug-likeness (QED) is 0.718. The van der Waals surface area contributed by atoms with Gasteiger partial charge in [-0.3, -0.25) is 4.68 Å². The van der Waals surface area contributed by atoms with E-state index in [0.29, 0.717) is 13.0 Å². The largest absolute Gasteiger partial charge is 0.491 e. The first-order valence-corrected chi connectivity index (χ1v) is 7.08. The summed E-state index contributed by atoms with van der Waals surface area (Å²) >= 11 is 0. The number of aromatic nitrogens is 3. The van der Waals surface area contributed by atoms with Crippen LogP contribution >= 0.6 is 0 Å². The second kappa shape index (κ2) is 5.94. The van der Waals surface area contributed by atoms with Gasteiger partial charge in [-0.2, -0.15) is 18.3 Å². The Labute approximate surface area is 129 Å². The Kier molecular flexibility index (Phi) is 3.97. The number of rotatable bonds is 5. The zero-order valence-electron chi connectivity index (χ0n) is 12.3. The molecule has 0 amide bonds. The maximum Gasteiger partial charge on any atom is 0.468 e. The van der Waals surface area contributed by atoms with Crippen LogP contribution in [0.25, 0.3) is 11.1 Å². The lowest BCUT2D eigenvalue weighted by Crippen LogP contribution is -2.05. The number of halogens is 3. The number of benzene rings is 1. The fraction of sp³-hybridized carbons (Fsp3) is 0.333. The first-order chi connectivity index (χ1) is 11.0. The summed E-state index contributed by atoms with van der Waals surface area (Å²) in [6.07, 6.45) is -0.376. The van der Waals surface area contributed by atoms with E-state index in [0.717, 1.165) is 12.1 Å². The molecule has 0 aliphatic heterocycles. The Balaban J connectivity index is 1.73. The van der Waals surface area contributed by atoms with Crippen molar-refractivity contribution < 1.29 is 22.3 Å². The lowest BCUT2D eigenvalue weighted by molar-refractivity contribution is -0.156. The minimum atomic E-state index is -4.62. The van der Waals surface area contributed by atoms with Crippen LogP contribution in [-0.4, -0.2) is 21.4 Å². The Morgan fingerprint density at radius 1 is 1.30 bits per heavy atom. The van der Waals surface area contributed by atoms with Crippen LogP contribution in [0.5, 0.6) is 5.75 Å². The van der Waals surface area contributed by atoms with E-state index in [-0.39, 0.29) is 16.8 Å². The topological polar surface area (TPSA) is 53.1 Å². The van der Waals surface area contributed by atoms with Crippen LogP contribution in [0, 0.1) is 0 Å². The van der Waals surface area contributed by atoms with Gasteiger partial charge in [-0.1, -0.05) is 6.07 Å². The van der Waals surface area contributed by atoms with Crippen molar-refractivity contribution in [2.75, 3.05) is 6.61 Å². The number of hydrogen-bond donors (Lipinski definition) is 0. The van der Waals surface area contributed by atoms with E-state index in [1.54, 1.807) is 23.0 Å². The maximum atomic E-state index is 12.7. The van der Waals surface area contributed by atoms with Crippen molar-refractivity contribution >= 4 is 11.1 Å². The van der Waals surface area contributed by atoms with E-state index < -0.39 is 12.1 Å². The monoisotopic (exact) mass is 325 g/mol. The molecule has 1 aromatic carbocycles. The highest BCUT2D eigenvalue weighted by Crippen LogP contribution is 2.34. The van der Waals surface area contributed by atoms with Gasteiger partial charge in [0.15, 0.2) is 11.1 Å². The van der Waals surface area contributed by atoms with Crippen molar-refractivity contribution in [3.8, 4) is 5.75 Å². The highest BCUT2D eigenvalue weighted by atomic mass is 19.4. The van der Waals surface area contributed by atoms with Gasteiger partial charge in [0.25, 0.3) is 0 Å². The van der Waals surface area contributed by atoms with Gasteiger partial charge in [0, 0.05) is 19.2 Å². The third-order valence-electron chi connectivity index (χ3n) is 3.28. The fourth-order valence-electron chi connectivity index (χ4n) is 2.15. The fourth-order valence-corrected chi connectivity index (χ4v) is 2.15. The van der Waals surface area contributed by atoms with Gasteiger partial charge in [-0.05, 0) is 24.6 Å². The molecule has 0 unspecified atom stereocenters. The molecular weight excluding hydrogens is 311 g/mol. The van der Waals surface area contributed by atoms with Crippen molar-refractivity contribution in [1.29, 1.82) is 0 Å². The lowest BCUT2D eigenvalue weighted by Gasteiger charge is -2.05. The Morgan fingerprint density at radius 2 is 2.13 bits per heavy atom. The molecule has 0 atom stereocenters. The molecule has 8 heteroatoms. The molecule has 23 heavy (non-hydrogen) atoms. The highest BCUT2D eigenvalue weighted by Gasteiger charge is 2.37. The molecule has 0 aliphatic rings. The summed E-state index contributed by atoms with van der Waals surface area (Å²) in [6, 6.07) is 4.56. The molecule has 3 aromatic rings. The molecule has 5 nitrogen and oxygen atoms in total. The van der Waals surface area contributed by atoms with Crippen LogP contribution in [0.2, 0.25) is 0 Å². The van der Waals surface area contributed by atoms with Gasteiger partial charge in [-0.25, -0.2) is 4.98 Å². The second-order valence-corrected chi connectivity index (χ2v) is 4.92. The second-order valence-electron chi connectivity index (χ2n) is 4.92. The number of hydrogen-bond acceptors (Lipinski definition) is 4. The Morgan fingerprint density at radius 3 is 2.83 bits per heavy atom. The van der Waals surface area contributed by atoms with E-state index in [2.05, 4.69) is 10.1 Å². The maximum absolute atomic E-state index is 12.7. The molecule has 0 spiro atoms. The number of oxazole rings is 1. The standard InChI is InChI=1S/C15H14F3N3O2/c1-2-21-9-10(8-19-21)6-7-22-11-4-3-5-12-13(11)20-14(23-12)15(16,17)18/h3-5,8-9H,2,6-7H2,1H3. The van der Waals surface area contributed by atoms with Gasteiger partial charge in [0.05, 0.1) is 12.8 Å². The van der Waals surface area contributed by atoms with Crippen molar-refractivity contribution in [2.24, 2.45) is 0 Å². The number of para-hydroxylation sites is 1. The molecule has 0 aliphatic carbocycles. The molecule has 0 radical (unpaired) electrons. The van der Waals surface area contributed by atoms with Crippen LogP contribution < -0.4 is 4.74 Å². The molecule has 3 rings (SSSR count). The van der Waals surface area contributed by atoms with Gasteiger partial charge >= 0.3 is 12.1 Å². The third kappa shape index (κ3) is 3.30. The highest BCUT2D eigenvalue weighted by molar-refractivity contribution is 5.79. The van der Waals surface area contributed by atoms with Gasteiger partial charge < -0.3 is 9.15 Å². The van der Waals surface area contributed by atoms with Crippen LogP contribution in [0.3, 0.4) is 0 Å². The minimum Gasteiger partial charge on any atom is -0.491 e. The molecule has 0 N–H and O–H groups in total. The first-order valence-electron chi connectivity index (χ1n) is 7.08. The lowest BCUT2D eigenvalue weighted by atomic mass is 10.2. The third-order valence-corrected chi connectivity index (χ3v) is 3.28. The smallest absolute Gasteiger partial charge is 0.468 e. The summed E-state index contributed by atoms with van der Waals surface area (Å²) < 4.78 is 50.1. The van der Waals surface area contributed by atoms with Gasteiger partial charge in [0.2, 0.25) is 0 Å². The van der Waals surface area contributed by atoms with E-state index in [4.69, 9.17) is 9.15 Å². The minimum absolute atomic E-state index is 0.0497. The number of alkyl halides is 3. The van der Waals surface area contributed by atoms with Gasteiger partial charge in [-0.15, -0.1) is 0 Å². The molecule has 2 aromatic heterocycles. The van der Waals surface area contributed by atoms with E-state index >= 15 is 0 Å². The van der Waals surface area contributed by atoms with Crippen molar-refractivity contribution in [3.05, 3.63) is 42.0 Å². The summed E-state index contributed by atoms with van der Waals surface area (Å²) in [5.41, 5.74) is 1.12. The SMILES string of the molecule is CCn1cc(CCOc2cccc3oc(C(F)(F)F)nc23)cn1. The average Bonchev–Trinajstić information content (AvgIpc) is 3.13. The van der Waals surface area contributed by atoms with Crippen LogP contribution in [-0.2, 0) is 19.1 Å². The molecule has 0 bridgehead atoms. The summed E-state index contributed by atoms with van der Waals surface area (Å²) in [7, 11) is 0. The predicted molar refractivity (Wildman–Crippen MR) is 76.1 cm³/mol. The first kappa shape index (κ1) is 15.4. The van der Waals surface area contributed by atoms with E-state index in [1.165, 1.54) is 6.07 Å². The average molecular weight is 325 g/mol. The van der Waals surface area contributed by atoms with Crippen molar-refractivity contribution in [3.63, 3.8) is 0 Å². The molecule has 2 heterocycles. The number of aryl methyl sites for hydroxylation is 1. The molecular formula is C15H14F3N3O2. The number of nitrogens with zero attached hydrogens (tertiary/aromatic N) is 3.